The topological polar surface area (TPSA) is 98.7 Å². The fraction of sp³-hybridized carbons (Fsp3) is 0.786. The Labute approximate surface area is 126 Å². The minimum absolute atomic E-state index is 0.116. The molecule has 0 aromatic carbocycles. The van der Waals surface area contributed by atoms with Crippen LogP contribution in [0.5, 0.6) is 0 Å². The van der Waals surface area contributed by atoms with Gasteiger partial charge in [-0.1, -0.05) is 34.6 Å². The van der Waals surface area contributed by atoms with E-state index < -0.39 is 23.5 Å². The number of carboxylic acids is 1. The molecule has 0 bridgehead atoms. The van der Waals surface area contributed by atoms with E-state index in [0.29, 0.717) is 12.5 Å². The summed E-state index contributed by atoms with van der Waals surface area (Å²) in [5.41, 5.74) is -0.623. The van der Waals surface area contributed by atoms with Gasteiger partial charge in [-0.05, 0) is 11.3 Å². The van der Waals surface area contributed by atoms with Gasteiger partial charge in [0.25, 0.3) is 0 Å². The molecule has 0 rings (SSSR count). The van der Waals surface area contributed by atoms with Crippen molar-refractivity contribution in [2.24, 2.45) is 11.3 Å². The summed E-state index contributed by atoms with van der Waals surface area (Å²) in [7, 11) is 1.45. The average Bonchev–Trinajstić information content (AvgIpc) is 2.30. The number of hydrogen-bond donors (Lipinski definition) is 3. The fourth-order valence-electron chi connectivity index (χ4n) is 1.54. The normalized spacial score (nSPS) is 12.7. The number of carbonyl (C=O) groups excluding carboxylic acids is 2. The Kier molecular flexibility index (Phi) is 7.18. The maximum Gasteiger partial charge on any atom is 0.326 e. The molecule has 3 amide bonds. The zero-order valence-corrected chi connectivity index (χ0v) is 13.7. The largest absolute Gasteiger partial charge is 0.480 e. The van der Waals surface area contributed by atoms with Crippen molar-refractivity contribution in [3.8, 4) is 0 Å². The van der Waals surface area contributed by atoms with Crippen LogP contribution in [0.4, 0.5) is 4.79 Å². The predicted molar refractivity (Wildman–Crippen MR) is 79.9 cm³/mol. The van der Waals surface area contributed by atoms with E-state index in [2.05, 4.69) is 10.6 Å². The molecule has 3 N–H and O–H groups in total. The molecule has 0 saturated heterocycles. The van der Waals surface area contributed by atoms with Gasteiger partial charge in [0, 0.05) is 13.6 Å². The molecular weight excluding hydrogens is 274 g/mol. The van der Waals surface area contributed by atoms with Crippen molar-refractivity contribution >= 4 is 17.9 Å². The molecule has 0 aromatic rings. The van der Waals surface area contributed by atoms with Crippen LogP contribution in [-0.2, 0) is 9.59 Å². The Balaban J connectivity index is 4.50. The van der Waals surface area contributed by atoms with Gasteiger partial charge in [0.1, 0.15) is 12.6 Å². The highest BCUT2D eigenvalue weighted by atomic mass is 16.4. The summed E-state index contributed by atoms with van der Waals surface area (Å²) in [6.45, 7) is 9.53. The van der Waals surface area contributed by atoms with Crippen molar-refractivity contribution < 1.29 is 19.5 Å². The van der Waals surface area contributed by atoms with Crippen LogP contribution in [0.1, 0.15) is 34.6 Å². The summed E-state index contributed by atoms with van der Waals surface area (Å²) in [6.07, 6.45) is 0. The second kappa shape index (κ2) is 7.85. The van der Waals surface area contributed by atoms with Crippen LogP contribution in [0.2, 0.25) is 0 Å². The van der Waals surface area contributed by atoms with Gasteiger partial charge in [0.2, 0.25) is 5.91 Å². The lowest BCUT2D eigenvalue weighted by molar-refractivity contribution is -0.142. The van der Waals surface area contributed by atoms with Crippen molar-refractivity contribution in [3.63, 3.8) is 0 Å². The van der Waals surface area contributed by atoms with Gasteiger partial charge in [-0.15, -0.1) is 0 Å². The summed E-state index contributed by atoms with van der Waals surface area (Å²) in [5, 5.41) is 14.3. The third-order valence-electron chi connectivity index (χ3n) is 2.82. The third-order valence-corrected chi connectivity index (χ3v) is 2.82. The first-order valence-corrected chi connectivity index (χ1v) is 6.96. The van der Waals surface area contributed by atoms with Gasteiger partial charge in [-0.2, -0.15) is 0 Å². The predicted octanol–water partition coefficient (Wildman–Crippen LogP) is 0.899. The number of rotatable bonds is 6. The van der Waals surface area contributed by atoms with E-state index in [1.807, 2.05) is 13.8 Å². The molecule has 1 unspecified atom stereocenters. The first-order valence-electron chi connectivity index (χ1n) is 6.96. The number of likely N-dealkylation sites (N-methyl/N-ethyl adjacent to an activating group) is 1. The number of amides is 3. The molecule has 0 spiro atoms. The molecule has 0 aliphatic heterocycles. The van der Waals surface area contributed by atoms with Crippen LogP contribution in [-0.4, -0.2) is 54.1 Å². The van der Waals surface area contributed by atoms with Gasteiger partial charge in [-0.3, -0.25) is 4.79 Å². The van der Waals surface area contributed by atoms with Crippen LogP contribution >= 0.6 is 0 Å². The second-order valence-electron chi connectivity index (χ2n) is 6.64. The lowest BCUT2D eigenvalue weighted by atomic mass is 9.87. The van der Waals surface area contributed by atoms with Crippen LogP contribution in [0.15, 0.2) is 0 Å². The molecule has 0 aliphatic rings. The van der Waals surface area contributed by atoms with E-state index in [9.17, 15) is 14.4 Å². The zero-order valence-electron chi connectivity index (χ0n) is 13.7. The first kappa shape index (κ1) is 19.2. The van der Waals surface area contributed by atoms with E-state index in [-0.39, 0.29) is 12.5 Å². The number of aliphatic carboxylic acids is 1. The van der Waals surface area contributed by atoms with Gasteiger partial charge >= 0.3 is 12.0 Å². The Morgan fingerprint density at radius 1 is 1.19 bits per heavy atom. The maximum atomic E-state index is 11.9. The van der Waals surface area contributed by atoms with Gasteiger partial charge in [-0.25, -0.2) is 9.59 Å². The fourth-order valence-corrected chi connectivity index (χ4v) is 1.54. The van der Waals surface area contributed by atoms with Crippen LogP contribution in [0.3, 0.4) is 0 Å². The third kappa shape index (κ3) is 7.53. The van der Waals surface area contributed by atoms with Gasteiger partial charge in [0.05, 0.1) is 0 Å². The minimum Gasteiger partial charge on any atom is -0.480 e. The van der Waals surface area contributed by atoms with E-state index in [1.54, 1.807) is 20.8 Å². The minimum atomic E-state index is -1.10. The van der Waals surface area contributed by atoms with E-state index in [0.717, 1.165) is 4.90 Å². The summed E-state index contributed by atoms with van der Waals surface area (Å²) in [4.78, 5) is 35.9. The summed E-state index contributed by atoms with van der Waals surface area (Å²) < 4.78 is 0. The number of carboxylic acid groups (broad SMARTS) is 1. The lowest BCUT2D eigenvalue weighted by Crippen LogP contribution is -2.53. The number of hydrogen-bond acceptors (Lipinski definition) is 3. The van der Waals surface area contributed by atoms with Crippen LogP contribution in [0, 0.1) is 11.3 Å². The van der Waals surface area contributed by atoms with Crippen molar-refractivity contribution in [1.82, 2.24) is 15.5 Å². The lowest BCUT2D eigenvalue weighted by Gasteiger charge is -2.29. The van der Waals surface area contributed by atoms with Crippen molar-refractivity contribution in [3.05, 3.63) is 0 Å². The summed E-state index contributed by atoms with van der Waals surface area (Å²) in [6, 6.07) is -1.61. The quantitative estimate of drug-likeness (QED) is 0.678. The molecule has 1 atom stereocenters. The number of nitrogens with one attached hydrogen (secondary N) is 2. The molecule has 0 aromatic heterocycles. The molecule has 122 valence electrons. The van der Waals surface area contributed by atoms with Crippen molar-refractivity contribution in [1.29, 1.82) is 0 Å². The number of carbonyl (C=O) groups is 3. The summed E-state index contributed by atoms with van der Waals surface area (Å²) in [5.74, 6) is -1.05. The Hall–Kier alpha value is -1.79. The Morgan fingerprint density at radius 3 is 2.10 bits per heavy atom. The van der Waals surface area contributed by atoms with Crippen molar-refractivity contribution in [2.45, 2.75) is 40.7 Å². The molecule has 0 saturated carbocycles. The first-order chi connectivity index (χ1) is 9.45. The molecule has 21 heavy (non-hydrogen) atoms. The van der Waals surface area contributed by atoms with E-state index >= 15 is 0 Å². The molecule has 0 radical (unpaired) electrons. The highest BCUT2D eigenvalue weighted by molar-refractivity contribution is 5.86. The SMILES string of the molecule is CC(C)CNC(=O)CN(C)C(=O)NC(C(=O)O)C(C)(C)C. The smallest absolute Gasteiger partial charge is 0.326 e. The molecular formula is C14H27N3O4. The van der Waals surface area contributed by atoms with E-state index in [1.165, 1.54) is 7.05 Å². The molecule has 0 fully saturated rings. The van der Waals surface area contributed by atoms with Gasteiger partial charge < -0.3 is 20.6 Å². The highest BCUT2D eigenvalue weighted by Crippen LogP contribution is 2.19. The average molecular weight is 301 g/mol. The molecule has 7 nitrogen and oxygen atoms in total. The van der Waals surface area contributed by atoms with Crippen molar-refractivity contribution in [2.75, 3.05) is 20.1 Å². The molecule has 7 heteroatoms. The zero-order chi connectivity index (χ0) is 16.8. The standard InChI is InChI=1S/C14H27N3O4/c1-9(2)7-15-10(18)8-17(6)13(21)16-11(12(19)20)14(3,4)5/h9,11H,7-8H2,1-6H3,(H,15,18)(H,16,21)(H,19,20). The number of urea groups is 1. The number of nitrogens with zero attached hydrogens (tertiary/aromatic N) is 1. The van der Waals surface area contributed by atoms with Crippen LogP contribution in [0.25, 0.3) is 0 Å². The second-order valence-corrected chi connectivity index (χ2v) is 6.64. The summed E-state index contributed by atoms with van der Waals surface area (Å²) >= 11 is 0. The highest BCUT2D eigenvalue weighted by Gasteiger charge is 2.33. The van der Waals surface area contributed by atoms with Crippen LogP contribution < -0.4 is 10.6 Å². The maximum absolute atomic E-state index is 11.9. The van der Waals surface area contributed by atoms with E-state index in [4.69, 9.17) is 5.11 Å². The molecule has 0 heterocycles. The van der Waals surface area contributed by atoms with Gasteiger partial charge in [0.15, 0.2) is 0 Å². The molecule has 0 aliphatic carbocycles. The Morgan fingerprint density at radius 2 is 1.71 bits per heavy atom. The Bertz CT molecular complexity index is 388. The monoisotopic (exact) mass is 301 g/mol.